The average Bonchev–Trinajstić information content (AvgIpc) is 2.83. The number of amides is 1. The molecule has 1 aliphatic heterocycles. The first-order chi connectivity index (χ1) is 16.1. The number of benzene rings is 4. The van der Waals surface area contributed by atoms with Crippen LogP contribution in [0.15, 0.2) is 97.1 Å². The quantitative estimate of drug-likeness (QED) is 0.344. The van der Waals surface area contributed by atoms with Crippen LogP contribution in [0.1, 0.15) is 16.7 Å². The zero-order valence-corrected chi connectivity index (χ0v) is 18.0. The van der Waals surface area contributed by atoms with E-state index in [1.165, 1.54) is 12.1 Å². The molecule has 1 heterocycles. The Balaban J connectivity index is 1.54. The summed E-state index contributed by atoms with van der Waals surface area (Å²) in [5.74, 6) is -1.31. The third-order valence-corrected chi connectivity index (χ3v) is 6.20. The van der Waals surface area contributed by atoms with Gasteiger partial charge in [0.15, 0.2) is 0 Å². The smallest absolute Gasteiger partial charge is 0.231 e. The summed E-state index contributed by atoms with van der Waals surface area (Å²) >= 11 is 0. The zero-order valence-electron chi connectivity index (χ0n) is 18.0. The molecule has 4 aromatic rings. The normalized spacial score (nSPS) is 15.4. The van der Waals surface area contributed by atoms with Crippen LogP contribution in [0.5, 0.6) is 0 Å². The third kappa shape index (κ3) is 4.42. The minimum atomic E-state index is -0.600. The number of rotatable bonds is 5. The van der Waals surface area contributed by atoms with E-state index in [1.54, 1.807) is 6.07 Å². The minimum absolute atomic E-state index is 0.0934. The van der Waals surface area contributed by atoms with Gasteiger partial charge in [-0.15, -0.1) is 0 Å². The Morgan fingerprint density at radius 3 is 2.18 bits per heavy atom. The van der Waals surface area contributed by atoms with Gasteiger partial charge in [0.1, 0.15) is 11.6 Å². The summed E-state index contributed by atoms with van der Waals surface area (Å²) in [6.07, 6.45) is 1.21. The molecule has 1 amide bonds. The van der Waals surface area contributed by atoms with Crippen LogP contribution in [0.25, 0.3) is 11.1 Å². The number of carbonyl (C=O) groups excluding carboxylic acids is 1. The second-order valence-electron chi connectivity index (χ2n) is 8.47. The van der Waals surface area contributed by atoms with Crippen molar-refractivity contribution < 1.29 is 13.6 Å². The largest absolute Gasteiger partial charge is 0.307 e. The highest BCUT2D eigenvalue weighted by Crippen LogP contribution is 2.37. The van der Waals surface area contributed by atoms with E-state index in [9.17, 15) is 13.6 Å². The van der Waals surface area contributed by atoms with Gasteiger partial charge in [-0.2, -0.15) is 0 Å². The van der Waals surface area contributed by atoms with Gasteiger partial charge in [-0.25, -0.2) is 8.78 Å². The Labute approximate surface area is 192 Å². The molecular weight excluding hydrogens is 416 g/mol. The highest BCUT2D eigenvalue weighted by Gasteiger charge is 2.33. The molecule has 0 fully saturated rings. The van der Waals surface area contributed by atoms with E-state index in [4.69, 9.17) is 0 Å². The van der Waals surface area contributed by atoms with Crippen molar-refractivity contribution in [3.8, 4) is 11.1 Å². The van der Waals surface area contributed by atoms with Crippen molar-refractivity contribution in [3.05, 3.63) is 125 Å². The van der Waals surface area contributed by atoms with Crippen molar-refractivity contribution in [1.29, 1.82) is 0 Å². The van der Waals surface area contributed by atoms with Crippen molar-refractivity contribution in [2.24, 2.45) is 5.92 Å². The SMILES string of the molecule is O=C1C(Cc2ccccc2)Cc2cc(-c3ccc(F)cc3F)ccc2N1Cc1ccccc1. The summed E-state index contributed by atoms with van der Waals surface area (Å²) in [4.78, 5) is 15.4. The summed E-state index contributed by atoms with van der Waals surface area (Å²) in [5.41, 5.74) is 5.03. The van der Waals surface area contributed by atoms with Crippen molar-refractivity contribution in [2.45, 2.75) is 19.4 Å². The van der Waals surface area contributed by atoms with Crippen molar-refractivity contribution in [3.63, 3.8) is 0 Å². The van der Waals surface area contributed by atoms with Crippen LogP contribution in [-0.2, 0) is 24.2 Å². The van der Waals surface area contributed by atoms with Gasteiger partial charge < -0.3 is 4.90 Å². The minimum Gasteiger partial charge on any atom is -0.307 e. The molecule has 33 heavy (non-hydrogen) atoms. The second-order valence-corrected chi connectivity index (χ2v) is 8.47. The van der Waals surface area contributed by atoms with E-state index in [2.05, 4.69) is 0 Å². The van der Waals surface area contributed by atoms with Crippen LogP contribution in [-0.4, -0.2) is 5.91 Å². The Morgan fingerprint density at radius 1 is 0.788 bits per heavy atom. The van der Waals surface area contributed by atoms with Crippen LogP contribution in [0.3, 0.4) is 0 Å². The van der Waals surface area contributed by atoms with Gasteiger partial charge in [-0.05, 0) is 59.4 Å². The van der Waals surface area contributed by atoms with Crippen LogP contribution < -0.4 is 4.90 Å². The monoisotopic (exact) mass is 439 g/mol. The van der Waals surface area contributed by atoms with Crippen LogP contribution in [0.4, 0.5) is 14.5 Å². The van der Waals surface area contributed by atoms with Gasteiger partial charge in [-0.1, -0.05) is 66.7 Å². The number of nitrogens with zero attached hydrogens (tertiary/aromatic N) is 1. The van der Waals surface area contributed by atoms with E-state index < -0.39 is 11.6 Å². The lowest BCUT2D eigenvalue weighted by Gasteiger charge is -2.35. The first kappa shape index (κ1) is 21.1. The maximum absolute atomic E-state index is 14.5. The predicted octanol–water partition coefficient (Wildman–Crippen LogP) is 6.58. The number of hydrogen-bond donors (Lipinski definition) is 0. The Hall–Kier alpha value is -3.79. The number of carbonyl (C=O) groups is 1. The van der Waals surface area contributed by atoms with Crippen molar-refractivity contribution >= 4 is 11.6 Å². The average molecular weight is 440 g/mol. The summed E-state index contributed by atoms with van der Waals surface area (Å²) in [7, 11) is 0. The number of hydrogen-bond acceptors (Lipinski definition) is 1. The van der Waals surface area contributed by atoms with E-state index >= 15 is 0 Å². The summed E-state index contributed by atoms with van der Waals surface area (Å²) < 4.78 is 27.9. The summed E-state index contributed by atoms with van der Waals surface area (Å²) in [6, 6.07) is 29.2. The van der Waals surface area contributed by atoms with E-state index in [0.717, 1.165) is 28.4 Å². The van der Waals surface area contributed by atoms with Gasteiger partial charge >= 0.3 is 0 Å². The molecule has 0 saturated carbocycles. The number of fused-ring (bicyclic) bond motifs is 1. The molecular formula is C29H23F2NO. The molecule has 0 aromatic heterocycles. The summed E-state index contributed by atoms with van der Waals surface area (Å²) in [6.45, 7) is 0.474. The lowest BCUT2D eigenvalue weighted by molar-refractivity contribution is -0.122. The molecule has 0 N–H and O–H groups in total. The Kier molecular flexibility index (Phi) is 5.74. The molecule has 4 heteroatoms. The molecule has 1 atom stereocenters. The predicted molar refractivity (Wildman–Crippen MR) is 127 cm³/mol. The van der Waals surface area contributed by atoms with Gasteiger partial charge in [0.05, 0.1) is 6.54 Å². The fourth-order valence-corrected chi connectivity index (χ4v) is 4.58. The van der Waals surface area contributed by atoms with Crippen LogP contribution >= 0.6 is 0 Å². The number of halogens is 2. The topological polar surface area (TPSA) is 20.3 Å². The standard InChI is InChI=1S/C29H23F2NO/c30-25-12-13-26(27(31)18-25)22-11-14-28-23(16-22)17-24(15-20-7-3-1-4-8-20)29(33)32(28)19-21-9-5-2-6-10-21/h1-14,16,18,24H,15,17,19H2. The molecule has 4 aromatic carbocycles. The molecule has 1 unspecified atom stereocenters. The molecule has 0 aliphatic carbocycles. The fourth-order valence-electron chi connectivity index (χ4n) is 4.58. The van der Waals surface area contributed by atoms with Crippen molar-refractivity contribution in [2.75, 3.05) is 4.90 Å². The fraction of sp³-hybridized carbons (Fsp3) is 0.138. The lowest BCUT2D eigenvalue weighted by atomic mass is 9.85. The number of anilines is 1. The molecule has 0 spiro atoms. The first-order valence-electron chi connectivity index (χ1n) is 11.1. The molecule has 164 valence electrons. The molecule has 0 saturated heterocycles. The molecule has 2 nitrogen and oxygen atoms in total. The lowest BCUT2D eigenvalue weighted by Crippen LogP contribution is -2.41. The third-order valence-electron chi connectivity index (χ3n) is 6.20. The van der Waals surface area contributed by atoms with Gasteiger partial charge in [0.25, 0.3) is 0 Å². The van der Waals surface area contributed by atoms with Gasteiger partial charge in [0.2, 0.25) is 5.91 Å². The highest BCUT2D eigenvalue weighted by molar-refractivity contribution is 5.98. The maximum atomic E-state index is 14.5. The van der Waals surface area contributed by atoms with Gasteiger partial charge in [0, 0.05) is 23.2 Å². The van der Waals surface area contributed by atoms with E-state index in [-0.39, 0.29) is 11.8 Å². The van der Waals surface area contributed by atoms with Crippen molar-refractivity contribution in [1.82, 2.24) is 0 Å². The highest BCUT2D eigenvalue weighted by atomic mass is 19.1. The Morgan fingerprint density at radius 2 is 1.48 bits per heavy atom. The Bertz CT molecular complexity index is 1290. The zero-order chi connectivity index (χ0) is 22.8. The maximum Gasteiger partial charge on any atom is 0.231 e. The first-order valence-corrected chi connectivity index (χ1v) is 11.1. The van der Waals surface area contributed by atoms with E-state index in [1.807, 2.05) is 77.7 Å². The van der Waals surface area contributed by atoms with E-state index in [0.29, 0.717) is 30.5 Å². The van der Waals surface area contributed by atoms with Crippen LogP contribution in [0.2, 0.25) is 0 Å². The molecule has 1 aliphatic rings. The molecule has 0 radical (unpaired) electrons. The van der Waals surface area contributed by atoms with Crippen LogP contribution in [0, 0.1) is 17.6 Å². The molecule has 5 rings (SSSR count). The van der Waals surface area contributed by atoms with Gasteiger partial charge in [-0.3, -0.25) is 4.79 Å². The summed E-state index contributed by atoms with van der Waals surface area (Å²) in [5, 5.41) is 0. The second kappa shape index (κ2) is 8.99. The molecule has 0 bridgehead atoms.